The lowest BCUT2D eigenvalue weighted by molar-refractivity contribution is -0.140. The van der Waals surface area contributed by atoms with Crippen molar-refractivity contribution in [2.24, 2.45) is 0 Å². The summed E-state index contributed by atoms with van der Waals surface area (Å²) >= 11 is 6.13. The van der Waals surface area contributed by atoms with Crippen molar-refractivity contribution in [3.05, 3.63) is 131 Å². The zero-order chi connectivity index (χ0) is 30.7. The van der Waals surface area contributed by atoms with Crippen LogP contribution in [0.15, 0.2) is 120 Å². The van der Waals surface area contributed by atoms with Crippen molar-refractivity contribution in [1.82, 2.24) is 10.2 Å². The van der Waals surface area contributed by atoms with Gasteiger partial charge in [-0.15, -0.1) is 0 Å². The molecule has 1 atom stereocenters. The van der Waals surface area contributed by atoms with E-state index in [2.05, 4.69) is 5.32 Å². The van der Waals surface area contributed by atoms with Crippen LogP contribution in [-0.2, 0) is 32.6 Å². The van der Waals surface area contributed by atoms with Gasteiger partial charge < -0.3 is 10.2 Å². The van der Waals surface area contributed by atoms with Crippen LogP contribution in [0.3, 0.4) is 0 Å². The van der Waals surface area contributed by atoms with Gasteiger partial charge in [-0.1, -0.05) is 104 Å². The van der Waals surface area contributed by atoms with Crippen LogP contribution >= 0.6 is 11.6 Å². The van der Waals surface area contributed by atoms with Crippen LogP contribution in [0.4, 0.5) is 5.69 Å². The number of hydrogen-bond donors (Lipinski definition) is 1. The van der Waals surface area contributed by atoms with E-state index in [1.54, 1.807) is 72.8 Å². The second-order valence-electron chi connectivity index (χ2n) is 10.2. The number of benzene rings is 4. The van der Waals surface area contributed by atoms with Crippen LogP contribution < -0.4 is 9.62 Å². The summed E-state index contributed by atoms with van der Waals surface area (Å²) < 4.78 is 28.9. The lowest BCUT2D eigenvalue weighted by Crippen LogP contribution is -2.53. The fourth-order valence-corrected chi connectivity index (χ4v) is 6.25. The third-order valence-electron chi connectivity index (χ3n) is 7.02. The van der Waals surface area contributed by atoms with E-state index in [9.17, 15) is 18.0 Å². The predicted octanol–water partition coefficient (Wildman–Crippen LogP) is 6.09. The average Bonchev–Trinajstić information content (AvgIpc) is 3.03. The van der Waals surface area contributed by atoms with Gasteiger partial charge in [0.2, 0.25) is 11.8 Å². The molecule has 0 aliphatic carbocycles. The number of amides is 2. The first-order chi connectivity index (χ1) is 20.8. The largest absolute Gasteiger partial charge is 0.354 e. The highest BCUT2D eigenvalue weighted by molar-refractivity contribution is 7.92. The molecule has 0 heterocycles. The highest BCUT2D eigenvalue weighted by atomic mass is 35.5. The molecular formula is C34H36ClN3O4S. The summed E-state index contributed by atoms with van der Waals surface area (Å²) in [5.74, 6) is -0.804. The molecule has 224 valence electrons. The lowest BCUT2D eigenvalue weighted by atomic mass is 10.0. The molecule has 4 aromatic carbocycles. The van der Waals surface area contributed by atoms with Crippen molar-refractivity contribution >= 4 is 39.1 Å². The van der Waals surface area contributed by atoms with Crippen LogP contribution in [0.2, 0.25) is 5.02 Å². The molecule has 9 heteroatoms. The first-order valence-corrected chi connectivity index (χ1v) is 16.1. The number of halogens is 1. The van der Waals surface area contributed by atoms with E-state index in [1.807, 2.05) is 37.3 Å². The van der Waals surface area contributed by atoms with Gasteiger partial charge in [0.05, 0.1) is 10.6 Å². The van der Waals surface area contributed by atoms with Crippen molar-refractivity contribution in [3.8, 4) is 0 Å². The highest BCUT2D eigenvalue weighted by Crippen LogP contribution is 2.25. The summed E-state index contributed by atoms with van der Waals surface area (Å²) in [5, 5.41) is 3.53. The monoisotopic (exact) mass is 617 g/mol. The maximum atomic E-state index is 14.4. The number of anilines is 1. The Hall–Kier alpha value is -4.14. The van der Waals surface area contributed by atoms with E-state index in [4.69, 9.17) is 11.6 Å². The highest BCUT2D eigenvalue weighted by Gasteiger charge is 2.34. The number of rotatable bonds is 14. The van der Waals surface area contributed by atoms with Gasteiger partial charge in [-0.2, -0.15) is 0 Å². The fraction of sp³-hybridized carbons (Fsp3) is 0.235. The van der Waals surface area contributed by atoms with Gasteiger partial charge in [-0.05, 0) is 53.9 Å². The van der Waals surface area contributed by atoms with Gasteiger partial charge in [-0.25, -0.2) is 8.42 Å². The maximum Gasteiger partial charge on any atom is 0.264 e. The van der Waals surface area contributed by atoms with E-state index in [-0.39, 0.29) is 23.8 Å². The number of carbonyl (C=O) groups is 2. The molecule has 7 nitrogen and oxygen atoms in total. The molecule has 0 aliphatic heterocycles. The topological polar surface area (TPSA) is 86.8 Å². The third kappa shape index (κ3) is 8.69. The predicted molar refractivity (Wildman–Crippen MR) is 171 cm³/mol. The molecule has 4 aromatic rings. The van der Waals surface area contributed by atoms with E-state index in [0.29, 0.717) is 17.3 Å². The first-order valence-electron chi connectivity index (χ1n) is 14.3. The molecule has 1 N–H and O–H groups in total. The Morgan fingerprint density at radius 3 is 1.98 bits per heavy atom. The molecule has 2 amide bonds. The van der Waals surface area contributed by atoms with E-state index >= 15 is 0 Å². The number of hydrogen-bond acceptors (Lipinski definition) is 4. The van der Waals surface area contributed by atoms with Gasteiger partial charge in [0, 0.05) is 24.5 Å². The molecule has 0 radical (unpaired) electrons. The molecule has 4 rings (SSSR count). The van der Waals surface area contributed by atoms with Crippen LogP contribution in [0.25, 0.3) is 0 Å². The molecule has 0 unspecified atom stereocenters. The number of nitrogens with zero attached hydrogens (tertiary/aromatic N) is 2. The molecule has 0 aromatic heterocycles. The minimum Gasteiger partial charge on any atom is -0.354 e. The lowest BCUT2D eigenvalue weighted by Gasteiger charge is -2.34. The second kappa shape index (κ2) is 15.4. The van der Waals surface area contributed by atoms with Gasteiger partial charge in [0.25, 0.3) is 10.0 Å². The van der Waals surface area contributed by atoms with Crippen molar-refractivity contribution in [3.63, 3.8) is 0 Å². The summed E-state index contributed by atoms with van der Waals surface area (Å²) in [6.45, 7) is 2.10. The number of carbonyl (C=O) groups excluding carboxylic acids is 2. The number of para-hydroxylation sites is 1. The minimum absolute atomic E-state index is 0.0639. The van der Waals surface area contributed by atoms with Crippen LogP contribution in [-0.4, -0.2) is 44.3 Å². The second-order valence-corrected chi connectivity index (χ2v) is 12.5. The molecule has 0 saturated carbocycles. The van der Waals surface area contributed by atoms with Crippen molar-refractivity contribution in [1.29, 1.82) is 0 Å². The zero-order valence-electron chi connectivity index (χ0n) is 24.1. The molecule has 43 heavy (non-hydrogen) atoms. The third-order valence-corrected chi connectivity index (χ3v) is 9.06. The fourth-order valence-electron chi connectivity index (χ4n) is 4.69. The zero-order valence-corrected chi connectivity index (χ0v) is 25.7. The van der Waals surface area contributed by atoms with Crippen molar-refractivity contribution in [2.45, 2.75) is 43.7 Å². The van der Waals surface area contributed by atoms with Gasteiger partial charge in [0.15, 0.2) is 0 Å². The van der Waals surface area contributed by atoms with Crippen LogP contribution in [0.1, 0.15) is 30.9 Å². The van der Waals surface area contributed by atoms with Gasteiger partial charge in [-0.3, -0.25) is 13.9 Å². The summed E-state index contributed by atoms with van der Waals surface area (Å²) in [7, 11) is -4.12. The molecular weight excluding hydrogens is 582 g/mol. The molecule has 0 spiro atoms. The Kier molecular flexibility index (Phi) is 11.4. The van der Waals surface area contributed by atoms with E-state index in [0.717, 1.165) is 28.3 Å². The Balaban J connectivity index is 1.76. The molecule has 0 saturated heterocycles. The van der Waals surface area contributed by atoms with Gasteiger partial charge >= 0.3 is 0 Å². The summed E-state index contributed by atoms with van der Waals surface area (Å²) in [6.07, 6.45) is 1.96. The Morgan fingerprint density at radius 2 is 1.37 bits per heavy atom. The molecule has 0 fully saturated rings. The SMILES string of the molecule is CCCCNC(=O)[C@H](Cc1ccccc1)N(Cc1ccc(Cl)cc1)C(=O)CN(c1ccccc1)S(=O)(=O)c1ccccc1. The maximum absolute atomic E-state index is 14.4. The summed E-state index contributed by atoms with van der Waals surface area (Å²) in [6, 6.07) is 32.2. The number of nitrogens with one attached hydrogen (secondary N) is 1. The molecule has 0 aliphatic rings. The van der Waals surface area contributed by atoms with Crippen molar-refractivity contribution in [2.75, 3.05) is 17.4 Å². The standard InChI is InChI=1S/C34H36ClN3O4S/c1-2-3-23-36-34(40)32(24-27-13-7-4-8-14-27)37(25-28-19-21-29(35)22-20-28)33(39)26-38(30-15-9-5-10-16-30)43(41,42)31-17-11-6-12-18-31/h4-22,32H,2-3,23-26H2,1H3,(H,36,40)/t32-/m0/s1. The summed E-state index contributed by atoms with van der Waals surface area (Å²) in [4.78, 5) is 29.6. The minimum atomic E-state index is -4.12. The summed E-state index contributed by atoms with van der Waals surface area (Å²) in [5.41, 5.74) is 1.98. The van der Waals surface area contributed by atoms with E-state index < -0.39 is 28.5 Å². The Labute approximate surface area is 259 Å². The average molecular weight is 618 g/mol. The van der Waals surface area contributed by atoms with Crippen LogP contribution in [0, 0.1) is 0 Å². The van der Waals surface area contributed by atoms with Crippen LogP contribution in [0.5, 0.6) is 0 Å². The Bertz CT molecular complexity index is 1570. The Morgan fingerprint density at radius 1 is 0.791 bits per heavy atom. The smallest absolute Gasteiger partial charge is 0.264 e. The molecule has 0 bridgehead atoms. The first kappa shape index (κ1) is 31.8. The number of unbranched alkanes of at least 4 members (excludes halogenated alkanes) is 1. The van der Waals surface area contributed by atoms with E-state index in [1.165, 1.54) is 17.0 Å². The quantitative estimate of drug-likeness (QED) is 0.174. The van der Waals surface area contributed by atoms with Gasteiger partial charge in [0.1, 0.15) is 12.6 Å². The van der Waals surface area contributed by atoms with Crippen molar-refractivity contribution < 1.29 is 18.0 Å². The number of sulfonamides is 1. The normalized spacial score (nSPS) is 11.9.